The third-order valence-corrected chi connectivity index (χ3v) is 3.91. The largest absolute Gasteiger partial charge is 0.394 e. The smallest absolute Gasteiger partial charge is 0.0626 e. The minimum Gasteiger partial charge on any atom is -0.394 e. The molecular formula is C12H17NOS. The first kappa shape index (κ1) is 11.0. The van der Waals surface area contributed by atoms with Gasteiger partial charge in [-0.2, -0.15) is 11.8 Å². The maximum absolute atomic E-state index is 9.37. The summed E-state index contributed by atoms with van der Waals surface area (Å²) in [6, 6.07) is 10.8. The average Bonchev–Trinajstić information content (AvgIpc) is 2.80. The van der Waals surface area contributed by atoms with Crippen molar-refractivity contribution in [2.24, 2.45) is 0 Å². The number of nitrogens with one attached hydrogen (secondary N) is 1. The van der Waals surface area contributed by atoms with Crippen LogP contribution >= 0.6 is 11.8 Å². The van der Waals surface area contributed by atoms with Gasteiger partial charge < -0.3 is 10.4 Å². The molecule has 0 saturated carbocycles. The van der Waals surface area contributed by atoms with Crippen molar-refractivity contribution in [1.29, 1.82) is 0 Å². The van der Waals surface area contributed by atoms with Crippen molar-refractivity contribution in [3.8, 4) is 0 Å². The molecule has 0 aromatic heterocycles. The fraction of sp³-hybridized carbons (Fsp3) is 0.500. The summed E-state index contributed by atoms with van der Waals surface area (Å²) in [5.41, 5.74) is 1.18. The van der Waals surface area contributed by atoms with Crippen LogP contribution in [0.4, 0.5) is 0 Å². The van der Waals surface area contributed by atoms with Crippen LogP contribution in [-0.2, 0) is 0 Å². The third-order valence-electron chi connectivity index (χ3n) is 2.75. The molecule has 15 heavy (non-hydrogen) atoms. The molecule has 0 aliphatic carbocycles. The summed E-state index contributed by atoms with van der Waals surface area (Å²) >= 11 is 1.99. The van der Waals surface area contributed by atoms with Gasteiger partial charge in [0.05, 0.1) is 12.6 Å². The Bertz CT molecular complexity index is 285. The third kappa shape index (κ3) is 2.97. The van der Waals surface area contributed by atoms with Gasteiger partial charge in [0, 0.05) is 11.8 Å². The van der Waals surface area contributed by atoms with E-state index in [0.717, 1.165) is 0 Å². The van der Waals surface area contributed by atoms with Crippen molar-refractivity contribution in [3.63, 3.8) is 0 Å². The predicted molar refractivity (Wildman–Crippen MR) is 65.1 cm³/mol. The first-order valence-corrected chi connectivity index (χ1v) is 6.55. The molecule has 1 aliphatic heterocycles. The van der Waals surface area contributed by atoms with Gasteiger partial charge in [0.1, 0.15) is 0 Å². The van der Waals surface area contributed by atoms with Crippen LogP contribution < -0.4 is 5.32 Å². The molecule has 0 amide bonds. The standard InChI is InChI=1S/C12H17NOS/c14-8-12(10-4-2-1-3-5-10)13-11-6-7-15-9-11/h1-5,11-14H,6-9H2/t11-,12+/m0/s1. The lowest BCUT2D eigenvalue weighted by molar-refractivity contribution is 0.236. The maximum atomic E-state index is 9.37. The summed E-state index contributed by atoms with van der Waals surface area (Å²) in [7, 11) is 0. The van der Waals surface area contributed by atoms with Gasteiger partial charge in [0.15, 0.2) is 0 Å². The summed E-state index contributed by atoms with van der Waals surface area (Å²) in [6.45, 7) is 0.172. The highest BCUT2D eigenvalue weighted by Crippen LogP contribution is 2.21. The second kappa shape index (κ2) is 5.54. The van der Waals surface area contributed by atoms with E-state index in [4.69, 9.17) is 0 Å². The molecule has 0 bridgehead atoms. The Morgan fingerprint density at radius 3 is 2.80 bits per heavy atom. The van der Waals surface area contributed by atoms with E-state index in [0.29, 0.717) is 6.04 Å². The molecule has 2 nitrogen and oxygen atoms in total. The van der Waals surface area contributed by atoms with Gasteiger partial charge in [-0.1, -0.05) is 30.3 Å². The highest BCUT2D eigenvalue weighted by Gasteiger charge is 2.19. The summed E-state index contributed by atoms with van der Waals surface area (Å²) < 4.78 is 0. The summed E-state index contributed by atoms with van der Waals surface area (Å²) in [6.07, 6.45) is 1.22. The quantitative estimate of drug-likeness (QED) is 0.816. The SMILES string of the molecule is OC[C@@H](N[C@H]1CCSC1)c1ccccc1. The van der Waals surface area contributed by atoms with Crippen molar-refractivity contribution in [2.45, 2.75) is 18.5 Å². The van der Waals surface area contributed by atoms with Crippen LogP contribution in [0.5, 0.6) is 0 Å². The van der Waals surface area contributed by atoms with E-state index in [1.807, 2.05) is 30.0 Å². The summed E-state index contributed by atoms with van der Waals surface area (Å²) in [4.78, 5) is 0. The molecule has 0 radical (unpaired) electrons. The monoisotopic (exact) mass is 223 g/mol. The van der Waals surface area contributed by atoms with E-state index in [-0.39, 0.29) is 12.6 Å². The zero-order valence-corrected chi connectivity index (χ0v) is 9.54. The molecule has 2 N–H and O–H groups in total. The Morgan fingerprint density at radius 1 is 1.40 bits per heavy atom. The second-order valence-electron chi connectivity index (χ2n) is 3.87. The number of hydrogen-bond donors (Lipinski definition) is 2. The molecule has 2 rings (SSSR count). The molecule has 1 aliphatic rings. The van der Waals surface area contributed by atoms with Gasteiger partial charge in [0.2, 0.25) is 0 Å². The topological polar surface area (TPSA) is 32.3 Å². The molecule has 1 saturated heterocycles. The van der Waals surface area contributed by atoms with Gasteiger partial charge in [0.25, 0.3) is 0 Å². The minimum absolute atomic E-state index is 0.0925. The Morgan fingerprint density at radius 2 is 2.20 bits per heavy atom. The number of thioether (sulfide) groups is 1. The van der Waals surface area contributed by atoms with Crippen LogP contribution in [0.15, 0.2) is 30.3 Å². The van der Waals surface area contributed by atoms with Gasteiger partial charge >= 0.3 is 0 Å². The molecule has 0 spiro atoms. The Kier molecular flexibility index (Phi) is 4.06. The van der Waals surface area contributed by atoms with Gasteiger partial charge in [-0.3, -0.25) is 0 Å². The first-order chi connectivity index (χ1) is 7.40. The molecule has 1 fully saturated rings. The van der Waals surface area contributed by atoms with E-state index in [1.165, 1.54) is 23.5 Å². The lowest BCUT2D eigenvalue weighted by atomic mass is 10.1. The van der Waals surface area contributed by atoms with E-state index < -0.39 is 0 Å². The first-order valence-electron chi connectivity index (χ1n) is 5.40. The Balaban J connectivity index is 1.97. The number of rotatable bonds is 4. The van der Waals surface area contributed by atoms with Crippen molar-refractivity contribution in [1.82, 2.24) is 5.32 Å². The van der Waals surface area contributed by atoms with E-state index in [9.17, 15) is 5.11 Å². The lowest BCUT2D eigenvalue weighted by Crippen LogP contribution is -2.34. The second-order valence-corrected chi connectivity index (χ2v) is 5.02. The van der Waals surface area contributed by atoms with E-state index >= 15 is 0 Å². The molecule has 1 aromatic rings. The normalized spacial score (nSPS) is 22.9. The zero-order chi connectivity index (χ0) is 10.5. The van der Waals surface area contributed by atoms with Crippen LogP contribution in [0.1, 0.15) is 18.0 Å². The number of aliphatic hydroxyl groups is 1. The molecule has 2 atom stereocenters. The fourth-order valence-corrected chi connectivity index (χ4v) is 3.06. The molecule has 82 valence electrons. The Hall–Kier alpha value is -0.510. The van der Waals surface area contributed by atoms with Crippen LogP contribution in [0.25, 0.3) is 0 Å². The molecular weight excluding hydrogens is 206 g/mol. The molecule has 1 aromatic carbocycles. The minimum atomic E-state index is 0.0925. The van der Waals surface area contributed by atoms with Gasteiger partial charge in [-0.05, 0) is 17.7 Å². The summed E-state index contributed by atoms with van der Waals surface area (Å²) in [5.74, 6) is 2.41. The highest BCUT2D eigenvalue weighted by molar-refractivity contribution is 7.99. The van der Waals surface area contributed by atoms with Crippen LogP contribution in [0, 0.1) is 0 Å². The Labute approximate surface area is 95.1 Å². The fourth-order valence-electron chi connectivity index (χ4n) is 1.89. The van der Waals surface area contributed by atoms with Crippen molar-refractivity contribution in [3.05, 3.63) is 35.9 Å². The van der Waals surface area contributed by atoms with Crippen LogP contribution in [0.2, 0.25) is 0 Å². The van der Waals surface area contributed by atoms with Gasteiger partial charge in [-0.25, -0.2) is 0 Å². The lowest BCUT2D eigenvalue weighted by Gasteiger charge is -2.20. The number of aliphatic hydroxyl groups excluding tert-OH is 1. The van der Waals surface area contributed by atoms with Crippen molar-refractivity contribution < 1.29 is 5.11 Å². The highest BCUT2D eigenvalue weighted by atomic mass is 32.2. The molecule has 3 heteroatoms. The van der Waals surface area contributed by atoms with E-state index in [2.05, 4.69) is 17.4 Å². The average molecular weight is 223 g/mol. The molecule has 1 heterocycles. The van der Waals surface area contributed by atoms with Crippen LogP contribution in [-0.4, -0.2) is 29.3 Å². The number of benzene rings is 1. The van der Waals surface area contributed by atoms with E-state index in [1.54, 1.807) is 0 Å². The molecule has 0 unspecified atom stereocenters. The number of hydrogen-bond acceptors (Lipinski definition) is 3. The van der Waals surface area contributed by atoms with Gasteiger partial charge in [-0.15, -0.1) is 0 Å². The summed E-state index contributed by atoms with van der Waals surface area (Å²) in [5, 5.41) is 12.9. The van der Waals surface area contributed by atoms with Crippen molar-refractivity contribution in [2.75, 3.05) is 18.1 Å². The maximum Gasteiger partial charge on any atom is 0.0626 e. The predicted octanol–water partition coefficient (Wildman–Crippen LogP) is 1.82. The zero-order valence-electron chi connectivity index (χ0n) is 8.73. The van der Waals surface area contributed by atoms with Crippen molar-refractivity contribution >= 4 is 11.8 Å². The van der Waals surface area contributed by atoms with Crippen LogP contribution in [0.3, 0.4) is 0 Å².